The lowest BCUT2D eigenvalue weighted by Crippen LogP contribution is -2.17. The van der Waals surface area contributed by atoms with E-state index >= 15 is 0 Å². The molecule has 126 valence electrons. The third-order valence-corrected chi connectivity index (χ3v) is 4.68. The largest absolute Gasteiger partial charge is 0.293 e. The summed E-state index contributed by atoms with van der Waals surface area (Å²) in [4.78, 5) is 24.2. The molecule has 0 aliphatic carbocycles. The molecule has 0 aliphatic rings. The lowest BCUT2D eigenvalue weighted by molar-refractivity contribution is 0.601. The third kappa shape index (κ3) is 3.07. The highest BCUT2D eigenvalue weighted by atomic mass is 32.2. The van der Waals surface area contributed by atoms with E-state index in [1.165, 1.54) is 29.2 Å². The number of rotatable bonds is 3. The number of nitrogens with one attached hydrogen (secondary N) is 1. The van der Waals surface area contributed by atoms with Crippen LogP contribution < -0.4 is 5.56 Å². The fraction of sp³-hybridized carbons (Fsp3) is 0.125. The number of hydrogen-bond acceptors (Lipinski definition) is 5. The first kappa shape index (κ1) is 16.6. The van der Waals surface area contributed by atoms with E-state index in [9.17, 15) is 13.2 Å². The van der Waals surface area contributed by atoms with Gasteiger partial charge in [-0.25, -0.2) is 22.9 Å². The molecule has 8 nitrogen and oxygen atoms in total. The molecule has 0 saturated heterocycles. The van der Waals surface area contributed by atoms with Gasteiger partial charge in [0.2, 0.25) is 5.69 Å². The van der Waals surface area contributed by atoms with Crippen molar-refractivity contribution in [2.45, 2.75) is 11.8 Å². The topological polar surface area (TPSA) is 102 Å². The van der Waals surface area contributed by atoms with Gasteiger partial charge >= 0.3 is 0 Å². The van der Waals surface area contributed by atoms with Crippen molar-refractivity contribution in [2.24, 2.45) is 0 Å². The van der Waals surface area contributed by atoms with E-state index in [2.05, 4.69) is 19.9 Å². The van der Waals surface area contributed by atoms with Gasteiger partial charge in [-0.1, -0.05) is 6.07 Å². The Morgan fingerprint density at radius 2 is 1.92 bits per heavy atom. The Balaban J connectivity index is 2.08. The fourth-order valence-electron chi connectivity index (χ4n) is 2.33. The van der Waals surface area contributed by atoms with Crippen molar-refractivity contribution < 1.29 is 8.42 Å². The van der Waals surface area contributed by atoms with Crippen molar-refractivity contribution >= 4 is 15.5 Å². The Hall–Kier alpha value is -3.25. The molecule has 1 N–H and O–H groups in total. The Labute approximate surface area is 143 Å². The highest BCUT2D eigenvalue weighted by Crippen LogP contribution is 2.20. The van der Waals surface area contributed by atoms with Crippen molar-refractivity contribution in [2.75, 3.05) is 6.26 Å². The molecular formula is C16H13N5O3S. The standard InChI is InChI=1S/C16H13N5O3S/c1-10-15(13-6-4-11(17-2)8-18-13)16(22)21(20-10)14-7-5-12(9-19-14)25(3,23)24/h4-9,20H,1,3H3. The average molecular weight is 355 g/mol. The van der Waals surface area contributed by atoms with Crippen molar-refractivity contribution in [3.8, 4) is 17.1 Å². The first-order chi connectivity index (χ1) is 11.8. The summed E-state index contributed by atoms with van der Waals surface area (Å²) in [6.07, 6.45) is 3.69. The predicted molar refractivity (Wildman–Crippen MR) is 91.5 cm³/mol. The van der Waals surface area contributed by atoms with Gasteiger partial charge < -0.3 is 0 Å². The monoisotopic (exact) mass is 355 g/mol. The maximum absolute atomic E-state index is 12.7. The van der Waals surface area contributed by atoms with E-state index in [0.717, 1.165) is 6.26 Å². The normalized spacial score (nSPS) is 11.2. The van der Waals surface area contributed by atoms with E-state index < -0.39 is 9.84 Å². The van der Waals surface area contributed by atoms with Crippen molar-refractivity contribution in [1.82, 2.24) is 19.7 Å². The molecule has 0 aliphatic heterocycles. The zero-order chi connectivity index (χ0) is 18.2. The summed E-state index contributed by atoms with van der Waals surface area (Å²) < 4.78 is 24.2. The summed E-state index contributed by atoms with van der Waals surface area (Å²) in [5, 5.41) is 2.91. The maximum Gasteiger partial charge on any atom is 0.282 e. The summed E-state index contributed by atoms with van der Waals surface area (Å²) >= 11 is 0. The van der Waals surface area contributed by atoms with Gasteiger partial charge in [0.05, 0.1) is 22.7 Å². The number of sulfone groups is 1. The number of aryl methyl sites for hydroxylation is 1. The number of pyridine rings is 2. The Bertz CT molecular complexity index is 1130. The van der Waals surface area contributed by atoms with Gasteiger partial charge in [0.15, 0.2) is 15.7 Å². The van der Waals surface area contributed by atoms with Crippen LogP contribution in [-0.4, -0.2) is 34.4 Å². The van der Waals surface area contributed by atoms with Crippen LogP contribution in [0, 0.1) is 13.5 Å². The molecule has 0 spiro atoms. The first-order valence-corrected chi connectivity index (χ1v) is 9.02. The van der Waals surface area contributed by atoms with E-state index in [1.807, 2.05) is 0 Å². The van der Waals surface area contributed by atoms with Crippen LogP contribution in [0.5, 0.6) is 0 Å². The zero-order valence-corrected chi connectivity index (χ0v) is 14.2. The summed E-state index contributed by atoms with van der Waals surface area (Å²) in [7, 11) is -3.36. The van der Waals surface area contributed by atoms with Gasteiger partial charge in [-0.2, -0.15) is 0 Å². The fourth-order valence-corrected chi connectivity index (χ4v) is 2.89. The lowest BCUT2D eigenvalue weighted by Gasteiger charge is -2.02. The average Bonchev–Trinajstić information content (AvgIpc) is 2.89. The molecule has 0 fully saturated rings. The molecule has 3 heterocycles. The molecule has 3 aromatic heterocycles. The second kappa shape index (κ2) is 5.99. The molecule has 0 bridgehead atoms. The second-order valence-electron chi connectivity index (χ2n) is 5.39. The van der Waals surface area contributed by atoms with Crippen LogP contribution in [0.3, 0.4) is 0 Å². The molecule has 0 atom stereocenters. The second-order valence-corrected chi connectivity index (χ2v) is 7.41. The summed E-state index contributed by atoms with van der Waals surface area (Å²) in [5.41, 5.74) is 1.42. The molecule has 0 amide bonds. The molecule has 9 heteroatoms. The van der Waals surface area contributed by atoms with E-state index in [-0.39, 0.29) is 16.3 Å². The van der Waals surface area contributed by atoms with E-state index in [4.69, 9.17) is 6.57 Å². The number of aromatic nitrogens is 4. The highest BCUT2D eigenvalue weighted by Gasteiger charge is 2.16. The molecule has 0 unspecified atom stereocenters. The van der Waals surface area contributed by atoms with Gasteiger partial charge in [0, 0.05) is 24.3 Å². The maximum atomic E-state index is 12.7. The van der Waals surface area contributed by atoms with E-state index in [1.54, 1.807) is 19.1 Å². The van der Waals surface area contributed by atoms with Crippen LogP contribution in [-0.2, 0) is 9.84 Å². The SMILES string of the molecule is [C-]#[N+]c1ccc(-c2c(C)[nH]n(-c3ccc(S(C)(=O)=O)cn3)c2=O)nc1. The van der Waals surface area contributed by atoms with Crippen molar-refractivity contribution in [3.63, 3.8) is 0 Å². The summed E-state index contributed by atoms with van der Waals surface area (Å²) in [5.74, 6) is 0.268. The van der Waals surface area contributed by atoms with Crippen LogP contribution in [0.4, 0.5) is 5.69 Å². The van der Waals surface area contributed by atoms with Gasteiger partial charge in [-0.15, -0.1) is 0 Å². The summed E-state index contributed by atoms with van der Waals surface area (Å²) in [6, 6.07) is 6.04. The summed E-state index contributed by atoms with van der Waals surface area (Å²) in [6.45, 7) is 8.67. The minimum absolute atomic E-state index is 0.0733. The first-order valence-electron chi connectivity index (χ1n) is 7.13. The van der Waals surface area contributed by atoms with E-state index in [0.29, 0.717) is 22.6 Å². The minimum Gasteiger partial charge on any atom is -0.293 e. The third-order valence-electron chi connectivity index (χ3n) is 3.58. The van der Waals surface area contributed by atoms with Crippen LogP contribution >= 0.6 is 0 Å². The number of H-pyrrole nitrogens is 1. The molecule has 25 heavy (non-hydrogen) atoms. The molecule has 3 aromatic rings. The molecule has 0 saturated carbocycles. The van der Waals surface area contributed by atoms with Gasteiger partial charge in [0.1, 0.15) is 0 Å². The van der Waals surface area contributed by atoms with Crippen molar-refractivity contribution in [3.05, 3.63) is 64.1 Å². The zero-order valence-electron chi connectivity index (χ0n) is 13.4. The Morgan fingerprint density at radius 1 is 1.16 bits per heavy atom. The Morgan fingerprint density at radius 3 is 2.44 bits per heavy atom. The van der Waals surface area contributed by atoms with Gasteiger partial charge in [-0.3, -0.25) is 14.9 Å². The van der Waals surface area contributed by atoms with Crippen LogP contribution in [0.2, 0.25) is 0 Å². The molecular weight excluding hydrogens is 342 g/mol. The highest BCUT2D eigenvalue weighted by molar-refractivity contribution is 7.90. The van der Waals surface area contributed by atoms with Gasteiger partial charge in [0.25, 0.3) is 5.56 Å². The Kier molecular flexibility index (Phi) is 3.98. The lowest BCUT2D eigenvalue weighted by atomic mass is 10.1. The number of aromatic amines is 1. The molecule has 3 rings (SSSR count). The smallest absolute Gasteiger partial charge is 0.282 e. The van der Waals surface area contributed by atoms with Crippen LogP contribution in [0.15, 0.2) is 46.3 Å². The van der Waals surface area contributed by atoms with Crippen molar-refractivity contribution in [1.29, 1.82) is 0 Å². The molecule has 0 aromatic carbocycles. The van der Waals surface area contributed by atoms with Crippen LogP contribution in [0.1, 0.15) is 5.69 Å². The number of nitrogens with zero attached hydrogens (tertiary/aromatic N) is 4. The number of hydrogen-bond donors (Lipinski definition) is 1. The van der Waals surface area contributed by atoms with Gasteiger partial charge in [-0.05, 0) is 25.1 Å². The minimum atomic E-state index is -3.36. The quantitative estimate of drug-likeness (QED) is 0.723. The van der Waals surface area contributed by atoms with Crippen LogP contribution in [0.25, 0.3) is 21.9 Å². The predicted octanol–water partition coefficient (Wildman–Crippen LogP) is 1.89. The molecule has 0 radical (unpaired) electrons.